The fourth-order valence-corrected chi connectivity index (χ4v) is 3.49. The van der Waals surface area contributed by atoms with E-state index in [1.807, 2.05) is 0 Å². The summed E-state index contributed by atoms with van der Waals surface area (Å²) in [6.07, 6.45) is 1.18. The molecule has 0 saturated heterocycles. The van der Waals surface area contributed by atoms with Gasteiger partial charge < -0.3 is 9.30 Å². The first kappa shape index (κ1) is 19.4. The van der Waals surface area contributed by atoms with E-state index in [9.17, 15) is 18.0 Å². The van der Waals surface area contributed by atoms with Crippen molar-refractivity contribution in [2.45, 2.75) is 51.7 Å². The summed E-state index contributed by atoms with van der Waals surface area (Å²) in [5, 5.41) is 0. The number of pyridine rings is 1. The van der Waals surface area contributed by atoms with E-state index in [2.05, 4.69) is 0 Å². The molecule has 1 aromatic heterocycles. The van der Waals surface area contributed by atoms with Crippen LogP contribution < -0.4 is 5.56 Å². The highest BCUT2D eigenvalue weighted by Crippen LogP contribution is 2.14. The molecular formula is C15H24N2O5S. The maximum absolute atomic E-state index is 12.5. The van der Waals surface area contributed by atoms with Crippen LogP contribution >= 0.6 is 0 Å². The van der Waals surface area contributed by atoms with Crippen LogP contribution in [0.4, 0.5) is 0 Å². The monoisotopic (exact) mass is 344 g/mol. The number of hydrogen-bond acceptors (Lipinski definition) is 5. The van der Waals surface area contributed by atoms with E-state index < -0.39 is 27.2 Å². The smallest absolute Gasteiger partial charge is 0.326 e. The molecule has 0 radical (unpaired) electrons. The summed E-state index contributed by atoms with van der Waals surface area (Å²) in [5.74, 6) is -0.600. The van der Waals surface area contributed by atoms with Gasteiger partial charge in [-0.2, -0.15) is 4.31 Å². The first-order valence-corrected chi connectivity index (χ1v) is 8.87. The van der Waals surface area contributed by atoms with Gasteiger partial charge in [0.1, 0.15) is 12.1 Å². The highest BCUT2D eigenvalue weighted by Gasteiger charge is 2.23. The predicted octanol–water partition coefficient (Wildman–Crippen LogP) is 1.22. The SMILES string of the molecule is CCN(CC)S(=O)(=O)c1ccc(=O)n(CC(=O)OC(C)(C)C)c1. The number of ether oxygens (including phenoxy) is 1. The normalized spacial score (nSPS) is 12.4. The van der Waals surface area contributed by atoms with Gasteiger partial charge in [-0.05, 0) is 26.8 Å². The average molecular weight is 344 g/mol. The second kappa shape index (κ2) is 7.27. The van der Waals surface area contributed by atoms with E-state index in [1.165, 1.54) is 16.6 Å². The minimum atomic E-state index is -3.69. The fraction of sp³-hybridized carbons (Fsp3) is 0.600. The van der Waals surface area contributed by atoms with Crippen LogP contribution in [0.1, 0.15) is 34.6 Å². The zero-order chi connectivity index (χ0) is 17.8. The minimum Gasteiger partial charge on any atom is -0.459 e. The topological polar surface area (TPSA) is 85.7 Å². The average Bonchev–Trinajstić information content (AvgIpc) is 2.40. The van der Waals surface area contributed by atoms with Gasteiger partial charge in [-0.25, -0.2) is 8.42 Å². The molecule has 1 aromatic rings. The summed E-state index contributed by atoms with van der Waals surface area (Å²) in [5.41, 5.74) is -1.14. The molecule has 8 heteroatoms. The molecule has 0 unspecified atom stereocenters. The van der Waals surface area contributed by atoms with Gasteiger partial charge in [-0.15, -0.1) is 0 Å². The Labute approximate surface area is 136 Å². The van der Waals surface area contributed by atoms with E-state index in [4.69, 9.17) is 4.74 Å². The molecule has 23 heavy (non-hydrogen) atoms. The minimum absolute atomic E-state index is 0.0237. The van der Waals surface area contributed by atoms with Gasteiger partial charge in [0.05, 0.1) is 4.90 Å². The van der Waals surface area contributed by atoms with E-state index >= 15 is 0 Å². The largest absolute Gasteiger partial charge is 0.459 e. The summed E-state index contributed by atoms with van der Waals surface area (Å²) in [6, 6.07) is 2.39. The van der Waals surface area contributed by atoms with Crippen LogP contribution in [0.25, 0.3) is 0 Å². The van der Waals surface area contributed by atoms with Crippen LogP contribution in [0, 0.1) is 0 Å². The summed E-state index contributed by atoms with van der Waals surface area (Å²) in [6.45, 7) is 8.93. The molecule has 0 amide bonds. The second-order valence-electron chi connectivity index (χ2n) is 6.01. The molecule has 7 nitrogen and oxygen atoms in total. The highest BCUT2D eigenvalue weighted by atomic mass is 32.2. The molecule has 0 N–H and O–H groups in total. The number of carbonyl (C=O) groups is 1. The molecule has 130 valence electrons. The molecular weight excluding hydrogens is 320 g/mol. The Kier molecular flexibility index (Phi) is 6.12. The molecule has 1 heterocycles. The summed E-state index contributed by atoms with van der Waals surface area (Å²) in [7, 11) is -3.69. The number of rotatable bonds is 6. The molecule has 0 saturated carbocycles. The number of hydrogen-bond donors (Lipinski definition) is 0. The Morgan fingerprint density at radius 1 is 1.22 bits per heavy atom. The Balaban J connectivity index is 3.14. The Hall–Kier alpha value is -1.67. The van der Waals surface area contributed by atoms with Gasteiger partial charge in [0.2, 0.25) is 10.0 Å². The van der Waals surface area contributed by atoms with Gasteiger partial charge in [-0.3, -0.25) is 9.59 Å². The molecule has 1 rings (SSSR count). The van der Waals surface area contributed by atoms with Crippen molar-refractivity contribution in [1.29, 1.82) is 0 Å². The van der Waals surface area contributed by atoms with Gasteiger partial charge in [0.25, 0.3) is 5.56 Å². The van der Waals surface area contributed by atoms with Crippen molar-refractivity contribution in [1.82, 2.24) is 8.87 Å². The molecule has 0 aliphatic heterocycles. The number of nitrogens with zero attached hydrogens (tertiary/aromatic N) is 2. The van der Waals surface area contributed by atoms with Crippen LogP contribution in [0.15, 0.2) is 28.0 Å². The van der Waals surface area contributed by atoms with Crippen LogP contribution in [-0.2, 0) is 26.1 Å². The van der Waals surface area contributed by atoms with Crippen molar-refractivity contribution in [3.63, 3.8) is 0 Å². The lowest BCUT2D eigenvalue weighted by molar-refractivity contribution is -0.155. The lowest BCUT2D eigenvalue weighted by Gasteiger charge is -2.21. The van der Waals surface area contributed by atoms with Crippen LogP contribution in [0.5, 0.6) is 0 Å². The van der Waals surface area contributed by atoms with E-state index in [0.29, 0.717) is 13.1 Å². The molecule has 0 spiro atoms. The van der Waals surface area contributed by atoms with E-state index in [1.54, 1.807) is 34.6 Å². The van der Waals surface area contributed by atoms with Crippen molar-refractivity contribution in [2.75, 3.05) is 13.1 Å². The number of carbonyl (C=O) groups excluding carboxylic acids is 1. The quantitative estimate of drug-likeness (QED) is 0.724. The Bertz CT molecular complexity index is 712. The van der Waals surface area contributed by atoms with Crippen molar-refractivity contribution < 1.29 is 17.9 Å². The third-order valence-corrected chi connectivity index (χ3v) is 5.05. The predicted molar refractivity (Wildman–Crippen MR) is 86.7 cm³/mol. The molecule has 0 aliphatic rings. The van der Waals surface area contributed by atoms with Gasteiger partial charge in [0, 0.05) is 25.4 Å². The maximum Gasteiger partial charge on any atom is 0.326 e. The highest BCUT2D eigenvalue weighted by molar-refractivity contribution is 7.89. The lowest BCUT2D eigenvalue weighted by Crippen LogP contribution is -2.33. The molecule has 0 fully saturated rings. The molecule has 0 bridgehead atoms. The zero-order valence-corrected chi connectivity index (χ0v) is 15.0. The fourth-order valence-electron chi connectivity index (χ4n) is 2.01. The summed E-state index contributed by atoms with van der Waals surface area (Å²) in [4.78, 5) is 23.7. The first-order valence-electron chi connectivity index (χ1n) is 7.43. The Morgan fingerprint density at radius 2 is 1.78 bits per heavy atom. The number of aromatic nitrogens is 1. The van der Waals surface area contributed by atoms with Crippen molar-refractivity contribution in [3.05, 3.63) is 28.7 Å². The lowest BCUT2D eigenvalue weighted by atomic mass is 10.2. The Morgan fingerprint density at radius 3 is 2.26 bits per heavy atom. The molecule has 0 atom stereocenters. The van der Waals surface area contributed by atoms with Crippen LogP contribution in [0.3, 0.4) is 0 Å². The van der Waals surface area contributed by atoms with E-state index in [0.717, 1.165) is 10.6 Å². The van der Waals surface area contributed by atoms with Crippen molar-refractivity contribution >= 4 is 16.0 Å². The molecule has 0 aliphatic carbocycles. The standard InChI is InChI=1S/C15H24N2O5S/c1-6-17(7-2)23(20,21)12-8-9-13(18)16(10-12)11-14(19)22-15(3,4)5/h8-10H,6-7,11H2,1-5H3. The summed E-state index contributed by atoms with van der Waals surface area (Å²) >= 11 is 0. The van der Waals surface area contributed by atoms with Crippen LogP contribution in [0.2, 0.25) is 0 Å². The third-order valence-electron chi connectivity index (χ3n) is 3.02. The summed E-state index contributed by atoms with van der Waals surface area (Å²) < 4.78 is 32.4. The number of sulfonamides is 1. The number of esters is 1. The maximum atomic E-state index is 12.5. The van der Waals surface area contributed by atoms with Crippen molar-refractivity contribution in [2.24, 2.45) is 0 Å². The zero-order valence-electron chi connectivity index (χ0n) is 14.2. The molecule has 0 aromatic carbocycles. The van der Waals surface area contributed by atoms with Gasteiger partial charge in [-0.1, -0.05) is 13.8 Å². The first-order chi connectivity index (χ1) is 10.5. The van der Waals surface area contributed by atoms with E-state index in [-0.39, 0.29) is 11.4 Å². The van der Waals surface area contributed by atoms with Gasteiger partial charge in [0.15, 0.2) is 0 Å². The van der Waals surface area contributed by atoms with Crippen molar-refractivity contribution in [3.8, 4) is 0 Å². The third kappa shape index (κ3) is 5.18. The van der Waals surface area contributed by atoms with Gasteiger partial charge >= 0.3 is 5.97 Å². The van der Waals surface area contributed by atoms with Crippen LogP contribution in [-0.4, -0.2) is 41.9 Å². The second-order valence-corrected chi connectivity index (χ2v) is 7.94.